The summed E-state index contributed by atoms with van der Waals surface area (Å²) in [6, 6.07) is 14.6. The summed E-state index contributed by atoms with van der Waals surface area (Å²) < 4.78 is 15.7. The molecule has 7 heteroatoms. The molecule has 0 radical (unpaired) electrons. The summed E-state index contributed by atoms with van der Waals surface area (Å²) in [5, 5.41) is 5.17. The molecule has 27 heavy (non-hydrogen) atoms. The smallest absolute Gasteiger partial charge is 0.309 e. The minimum absolute atomic E-state index is 0.162. The predicted molar refractivity (Wildman–Crippen MR) is 101 cm³/mol. The highest BCUT2D eigenvalue weighted by molar-refractivity contribution is 6.35. The molecule has 0 fully saturated rings. The molecule has 2 aromatic rings. The maximum atomic E-state index is 12.0. The summed E-state index contributed by atoms with van der Waals surface area (Å²) in [6.07, 6.45) is -0.393. The van der Waals surface area contributed by atoms with E-state index in [9.17, 15) is 9.59 Å². The normalized spacial score (nSPS) is 11.4. The molecule has 2 rings (SSSR count). The first-order valence-electron chi connectivity index (χ1n) is 8.43. The largest absolute Gasteiger partial charge is 0.497 e. The van der Waals surface area contributed by atoms with Gasteiger partial charge in [-0.3, -0.25) is 9.59 Å². The number of carbonyl (C=O) groups is 2. The van der Waals surface area contributed by atoms with Crippen LogP contribution in [0, 0.1) is 0 Å². The Bertz CT molecular complexity index is 778. The Morgan fingerprint density at radius 2 is 1.52 bits per heavy atom. The van der Waals surface area contributed by atoms with E-state index in [1.165, 1.54) is 0 Å². The second kappa shape index (κ2) is 10.2. The van der Waals surface area contributed by atoms with Gasteiger partial charge in [-0.2, -0.15) is 0 Å². The number of hydrogen-bond acceptors (Lipinski definition) is 5. The fraction of sp³-hybridized carbons (Fsp3) is 0.300. The number of methoxy groups -OCH3 is 3. The number of ether oxygens (including phenoxy) is 3. The first-order valence-corrected chi connectivity index (χ1v) is 8.43. The molecule has 1 atom stereocenters. The highest BCUT2D eigenvalue weighted by Crippen LogP contribution is 2.20. The molecule has 2 amide bonds. The lowest BCUT2D eigenvalue weighted by Crippen LogP contribution is -2.41. The Kier molecular flexibility index (Phi) is 7.63. The number of nitrogens with one attached hydrogen (secondary N) is 2. The highest BCUT2D eigenvalue weighted by Gasteiger charge is 2.17. The lowest BCUT2D eigenvalue weighted by atomic mass is 10.1. The second-order valence-electron chi connectivity index (χ2n) is 5.75. The Morgan fingerprint density at radius 3 is 2.19 bits per heavy atom. The van der Waals surface area contributed by atoms with Gasteiger partial charge in [-0.05, 0) is 35.4 Å². The van der Waals surface area contributed by atoms with Crippen molar-refractivity contribution in [3.63, 3.8) is 0 Å². The fourth-order valence-corrected chi connectivity index (χ4v) is 2.49. The van der Waals surface area contributed by atoms with Crippen molar-refractivity contribution in [2.24, 2.45) is 0 Å². The van der Waals surface area contributed by atoms with E-state index >= 15 is 0 Å². The summed E-state index contributed by atoms with van der Waals surface area (Å²) in [4.78, 5) is 24.0. The van der Waals surface area contributed by atoms with Crippen molar-refractivity contribution in [3.05, 3.63) is 59.7 Å². The molecule has 0 saturated carbocycles. The molecule has 2 N–H and O–H groups in total. The van der Waals surface area contributed by atoms with Gasteiger partial charge in [0.1, 0.15) is 11.5 Å². The predicted octanol–water partition coefficient (Wildman–Crippen LogP) is 1.82. The third-order valence-electron chi connectivity index (χ3n) is 3.99. The van der Waals surface area contributed by atoms with Crippen LogP contribution in [0.3, 0.4) is 0 Å². The van der Waals surface area contributed by atoms with Gasteiger partial charge in [0.05, 0.1) is 20.3 Å². The zero-order valence-corrected chi connectivity index (χ0v) is 15.7. The van der Waals surface area contributed by atoms with Gasteiger partial charge in [0.25, 0.3) is 0 Å². The third-order valence-corrected chi connectivity index (χ3v) is 3.99. The van der Waals surface area contributed by atoms with Gasteiger partial charge in [-0.1, -0.05) is 24.3 Å². The molecule has 0 aromatic heterocycles. The van der Waals surface area contributed by atoms with Crippen molar-refractivity contribution >= 4 is 11.8 Å². The van der Waals surface area contributed by atoms with Crippen molar-refractivity contribution < 1.29 is 23.8 Å². The molecule has 0 spiro atoms. The van der Waals surface area contributed by atoms with E-state index in [0.717, 1.165) is 11.1 Å². The van der Waals surface area contributed by atoms with E-state index in [1.807, 2.05) is 42.5 Å². The number of carbonyl (C=O) groups excluding carboxylic acids is 2. The monoisotopic (exact) mass is 372 g/mol. The molecule has 0 bridgehead atoms. The van der Waals surface area contributed by atoms with Crippen molar-refractivity contribution in [1.82, 2.24) is 10.6 Å². The molecule has 0 saturated heterocycles. The first-order chi connectivity index (χ1) is 13.1. The van der Waals surface area contributed by atoms with Crippen LogP contribution in [0.25, 0.3) is 0 Å². The average molecular weight is 372 g/mol. The molecule has 0 heterocycles. The van der Waals surface area contributed by atoms with Crippen molar-refractivity contribution in [2.45, 2.75) is 12.6 Å². The van der Waals surface area contributed by atoms with E-state index < -0.39 is 17.9 Å². The van der Waals surface area contributed by atoms with E-state index in [2.05, 4.69) is 10.6 Å². The number of rotatable bonds is 8. The molecule has 0 aliphatic carbocycles. The standard InChI is InChI=1S/C20H24N2O5/c1-25-16-8-4-6-14(10-16)12-21-19(23)20(24)22-13-18(27-3)15-7-5-9-17(11-15)26-2/h4-11,18H,12-13H2,1-3H3,(H,21,23)(H,22,24). The molecule has 0 aliphatic heterocycles. The molecule has 7 nitrogen and oxygen atoms in total. The van der Waals surface area contributed by atoms with Gasteiger partial charge in [0.2, 0.25) is 0 Å². The summed E-state index contributed by atoms with van der Waals surface area (Å²) in [7, 11) is 4.69. The third kappa shape index (κ3) is 6.00. The van der Waals surface area contributed by atoms with Crippen LogP contribution in [-0.4, -0.2) is 39.7 Å². The van der Waals surface area contributed by atoms with Crippen LogP contribution in [-0.2, 0) is 20.9 Å². The Hall–Kier alpha value is -3.06. The first kappa shape index (κ1) is 20.3. The molecule has 144 valence electrons. The summed E-state index contributed by atoms with van der Waals surface area (Å²) >= 11 is 0. The lowest BCUT2D eigenvalue weighted by molar-refractivity contribution is -0.139. The van der Waals surface area contributed by atoms with Gasteiger partial charge in [0.15, 0.2) is 0 Å². The SMILES string of the molecule is COc1cccc(CNC(=O)C(=O)NCC(OC)c2cccc(OC)c2)c1. The van der Waals surface area contributed by atoms with Crippen LogP contribution in [0.15, 0.2) is 48.5 Å². The number of benzene rings is 2. The maximum Gasteiger partial charge on any atom is 0.309 e. The zero-order valence-electron chi connectivity index (χ0n) is 15.7. The number of hydrogen-bond donors (Lipinski definition) is 2. The maximum absolute atomic E-state index is 12.0. The minimum atomic E-state index is -0.720. The Morgan fingerprint density at radius 1 is 0.889 bits per heavy atom. The molecular formula is C20H24N2O5. The van der Waals surface area contributed by atoms with Crippen LogP contribution in [0.4, 0.5) is 0 Å². The topological polar surface area (TPSA) is 85.9 Å². The van der Waals surface area contributed by atoms with Crippen LogP contribution in [0.5, 0.6) is 11.5 Å². The number of amides is 2. The zero-order chi connectivity index (χ0) is 19.6. The van der Waals surface area contributed by atoms with E-state index in [-0.39, 0.29) is 13.1 Å². The Balaban J connectivity index is 1.86. The summed E-state index contributed by atoms with van der Waals surface area (Å²) in [5.74, 6) is -0.0505. The van der Waals surface area contributed by atoms with E-state index in [4.69, 9.17) is 14.2 Å². The van der Waals surface area contributed by atoms with Gasteiger partial charge < -0.3 is 24.8 Å². The minimum Gasteiger partial charge on any atom is -0.497 e. The Labute approximate surface area is 158 Å². The highest BCUT2D eigenvalue weighted by atomic mass is 16.5. The molecule has 2 aromatic carbocycles. The van der Waals surface area contributed by atoms with Gasteiger partial charge >= 0.3 is 11.8 Å². The van der Waals surface area contributed by atoms with E-state index in [1.54, 1.807) is 27.4 Å². The van der Waals surface area contributed by atoms with Crippen molar-refractivity contribution in [3.8, 4) is 11.5 Å². The van der Waals surface area contributed by atoms with Crippen molar-refractivity contribution in [1.29, 1.82) is 0 Å². The van der Waals surface area contributed by atoms with Crippen LogP contribution in [0.1, 0.15) is 17.2 Å². The molecular weight excluding hydrogens is 348 g/mol. The lowest BCUT2D eigenvalue weighted by Gasteiger charge is -2.17. The van der Waals surface area contributed by atoms with Gasteiger partial charge in [-0.25, -0.2) is 0 Å². The van der Waals surface area contributed by atoms with Crippen LogP contribution in [0.2, 0.25) is 0 Å². The summed E-state index contributed by atoms with van der Waals surface area (Å²) in [6.45, 7) is 0.391. The quantitative estimate of drug-likeness (QED) is 0.691. The molecule has 0 aliphatic rings. The van der Waals surface area contributed by atoms with Gasteiger partial charge in [-0.15, -0.1) is 0 Å². The van der Waals surface area contributed by atoms with Crippen LogP contribution < -0.4 is 20.1 Å². The second-order valence-corrected chi connectivity index (χ2v) is 5.75. The van der Waals surface area contributed by atoms with Crippen LogP contribution >= 0.6 is 0 Å². The summed E-state index contributed by atoms with van der Waals surface area (Å²) in [5.41, 5.74) is 1.68. The van der Waals surface area contributed by atoms with E-state index in [0.29, 0.717) is 11.5 Å². The average Bonchev–Trinajstić information content (AvgIpc) is 2.72. The van der Waals surface area contributed by atoms with Gasteiger partial charge in [0, 0.05) is 20.2 Å². The van der Waals surface area contributed by atoms with Crippen molar-refractivity contribution in [2.75, 3.05) is 27.9 Å². The molecule has 1 unspecified atom stereocenters. The fourth-order valence-electron chi connectivity index (χ4n) is 2.49.